The minimum absolute atomic E-state index is 0.0709. The van der Waals surface area contributed by atoms with E-state index in [9.17, 15) is 28.8 Å². The Labute approximate surface area is 195 Å². The smallest absolute Gasteiger partial charge is 0.326 e. The highest BCUT2D eigenvalue weighted by atomic mass is 32.2. The number of thioether (sulfide) groups is 1. The number of nitrogens with two attached hydrogens (primary N) is 2. The zero-order chi connectivity index (χ0) is 25.7. The normalized spacial score (nSPS) is 14.5. The molecule has 0 rings (SSSR count). The molecular weight excluding hydrogens is 458 g/mol. The van der Waals surface area contributed by atoms with Crippen LogP contribution in [-0.2, 0) is 28.8 Å². The van der Waals surface area contributed by atoms with Gasteiger partial charge in [-0.25, -0.2) is 4.79 Å². The summed E-state index contributed by atoms with van der Waals surface area (Å²) < 4.78 is 0. The first-order valence-electron chi connectivity index (χ1n) is 10.2. The minimum atomic E-state index is -1.71. The summed E-state index contributed by atoms with van der Waals surface area (Å²) in [6.45, 7) is 3.48. The maximum atomic E-state index is 12.8. The van der Waals surface area contributed by atoms with Crippen LogP contribution in [0.1, 0.15) is 39.5 Å². The van der Waals surface area contributed by atoms with Crippen LogP contribution >= 0.6 is 11.8 Å². The van der Waals surface area contributed by atoms with Gasteiger partial charge in [-0.05, 0) is 30.8 Å². The lowest BCUT2D eigenvalue weighted by atomic mass is 10.0. The summed E-state index contributed by atoms with van der Waals surface area (Å²) in [6, 6.07) is -5.31. The van der Waals surface area contributed by atoms with Gasteiger partial charge in [-0.1, -0.05) is 13.8 Å². The summed E-state index contributed by atoms with van der Waals surface area (Å²) in [5.74, 6) is -5.91. The van der Waals surface area contributed by atoms with Crippen molar-refractivity contribution < 1.29 is 39.0 Å². The van der Waals surface area contributed by atoms with Crippen LogP contribution in [0.15, 0.2) is 0 Å². The van der Waals surface area contributed by atoms with Gasteiger partial charge in [0.15, 0.2) is 0 Å². The van der Waals surface area contributed by atoms with Crippen molar-refractivity contribution in [3.8, 4) is 0 Å². The fourth-order valence-electron chi connectivity index (χ4n) is 2.69. The molecule has 0 radical (unpaired) electrons. The molecule has 13 nitrogen and oxygen atoms in total. The Morgan fingerprint density at radius 2 is 1.36 bits per heavy atom. The molecule has 0 fully saturated rings. The van der Waals surface area contributed by atoms with Gasteiger partial charge < -0.3 is 37.6 Å². The van der Waals surface area contributed by atoms with E-state index >= 15 is 0 Å². The van der Waals surface area contributed by atoms with Gasteiger partial charge in [0.05, 0.1) is 18.9 Å². The van der Waals surface area contributed by atoms with Crippen LogP contribution in [0.25, 0.3) is 0 Å². The predicted octanol–water partition coefficient (Wildman–Crippen LogP) is -2.00. The highest BCUT2D eigenvalue weighted by Gasteiger charge is 2.32. The molecule has 0 aromatic rings. The lowest BCUT2D eigenvalue weighted by Crippen LogP contribution is -2.58. The SMILES string of the molecule is CSCCC(N)C(=O)NC(CC(N)=O)C(=O)NC(CC(C)C)C(=O)NC(CC(=O)O)C(=O)O. The number of nitrogens with one attached hydrogen (secondary N) is 3. The Bertz CT molecular complexity index is 733. The lowest BCUT2D eigenvalue weighted by Gasteiger charge is -2.25. The third kappa shape index (κ3) is 12.7. The zero-order valence-electron chi connectivity index (χ0n) is 18.8. The molecule has 188 valence electrons. The Morgan fingerprint density at radius 3 is 1.82 bits per heavy atom. The van der Waals surface area contributed by atoms with E-state index in [1.54, 1.807) is 13.8 Å². The van der Waals surface area contributed by atoms with Crippen molar-refractivity contribution in [2.24, 2.45) is 17.4 Å². The Hall–Kier alpha value is -2.87. The maximum absolute atomic E-state index is 12.8. The summed E-state index contributed by atoms with van der Waals surface area (Å²) in [7, 11) is 0. The summed E-state index contributed by atoms with van der Waals surface area (Å²) >= 11 is 1.47. The van der Waals surface area contributed by atoms with Gasteiger partial charge in [0.25, 0.3) is 0 Å². The quantitative estimate of drug-likeness (QED) is 0.125. The molecule has 0 bridgehead atoms. The number of hydrogen-bond donors (Lipinski definition) is 7. The van der Waals surface area contributed by atoms with Gasteiger partial charge in [-0.2, -0.15) is 11.8 Å². The number of amides is 4. The third-order valence-electron chi connectivity index (χ3n) is 4.34. The molecule has 14 heteroatoms. The molecule has 33 heavy (non-hydrogen) atoms. The number of rotatable bonds is 16. The average Bonchev–Trinajstić information content (AvgIpc) is 2.68. The molecule has 0 aromatic heterocycles. The van der Waals surface area contributed by atoms with Gasteiger partial charge in [-0.15, -0.1) is 0 Å². The van der Waals surface area contributed by atoms with Crippen molar-refractivity contribution in [2.45, 2.75) is 63.7 Å². The van der Waals surface area contributed by atoms with E-state index in [0.717, 1.165) is 0 Å². The van der Waals surface area contributed by atoms with Gasteiger partial charge >= 0.3 is 11.9 Å². The Kier molecular flexibility index (Phi) is 13.7. The molecule has 0 spiro atoms. The third-order valence-corrected chi connectivity index (χ3v) is 4.99. The second-order valence-electron chi connectivity index (χ2n) is 7.81. The molecule has 4 amide bonds. The summed E-state index contributed by atoms with van der Waals surface area (Å²) in [5.41, 5.74) is 11.0. The molecule has 0 aliphatic heterocycles. The fraction of sp³-hybridized carbons (Fsp3) is 0.684. The van der Waals surface area contributed by atoms with E-state index in [1.165, 1.54) is 11.8 Å². The number of carbonyl (C=O) groups excluding carboxylic acids is 4. The van der Waals surface area contributed by atoms with Crippen molar-refractivity contribution in [1.29, 1.82) is 0 Å². The topological polar surface area (TPSA) is 231 Å². The van der Waals surface area contributed by atoms with Gasteiger partial charge in [0.2, 0.25) is 23.6 Å². The molecule has 4 atom stereocenters. The van der Waals surface area contributed by atoms with E-state index in [2.05, 4.69) is 16.0 Å². The van der Waals surface area contributed by atoms with Crippen LogP contribution < -0.4 is 27.4 Å². The second kappa shape index (κ2) is 15.1. The number of carboxylic acid groups (broad SMARTS) is 2. The standard InChI is InChI=1S/C19H33N5O8S/c1-9(2)6-11(17(29)24-13(19(31)32)8-15(26)27)23-18(30)12(7-14(21)25)22-16(28)10(20)4-5-33-3/h9-13H,4-8,20H2,1-3H3,(H2,21,25)(H,22,28)(H,23,30)(H,24,29)(H,26,27)(H,31,32). The molecule has 0 aliphatic rings. The maximum Gasteiger partial charge on any atom is 0.326 e. The molecule has 0 saturated carbocycles. The molecule has 0 aromatic carbocycles. The van der Waals surface area contributed by atoms with Crippen molar-refractivity contribution in [1.82, 2.24) is 16.0 Å². The minimum Gasteiger partial charge on any atom is -0.481 e. The largest absolute Gasteiger partial charge is 0.481 e. The second-order valence-corrected chi connectivity index (χ2v) is 8.79. The lowest BCUT2D eigenvalue weighted by molar-refractivity contribution is -0.147. The predicted molar refractivity (Wildman–Crippen MR) is 120 cm³/mol. The molecule has 9 N–H and O–H groups in total. The first kappa shape index (κ1) is 30.1. The number of carbonyl (C=O) groups is 6. The summed E-state index contributed by atoms with van der Waals surface area (Å²) in [4.78, 5) is 71.2. The van der Waals surface area contributed by atoms with Crippen LogP contribution in [0.5, 0.6) is 0 Å². The van der Waals surface area contributed by atoms with Crippen LogP contribution in [0.4, 0.5) is 0 Å². The number of primary amides is 1. The number of aliphatic carboxylic acids is 2. The summed E-state index contributed by atoms with van der Waals surface area (Å²) in [6.07, 6.45) is 0.814. The molecule has 0 saturated heterocycles. The van der Waals surface area contributed by atoms with Crippen LogP contribution in [0.3, 0.4) is 0 Å². The van der Waals surface area contributed by atoms with E-state index in [4.69, 9.17) is 21.7 Å². The first-order valence-corrected chi connectivity index (χ1v) is 11.6. The zero-order valence-corrected chi connectivity index (χ0v) is 19.6. The van der Waals surface area contributed by atoms with Crippen LogP contribution in [0, 0.1) is 5.92 Å². The highest BCUT2D eigenvalue weighted by Crippen LogP contribution is 2.08. The molecular formula is C19H33N5O8S. The van der Waals surface area contributed by atoms with Gasteiger partial charge in [0.1, 0.15) is 18.1 Å². The average molecular weight is 492 g/mol. The van der Waals surface area contributed by atoms with E-state index in [-0.39, 0.29) is 12.3 Å². The molecule has 0 aliphatic carbocycles. The Balaban J connectivity index is 5.50. The highest BCUT2D eigenvalue weighted by molar-refractivity contribution is 7.98. The van der Waals surface area contributed by atoms with Crippen molar-refractivity contribution in [2.75, 3.05) is 12.0 Å². The van der Waals surface area contributed by atoms with Gasteiger partial charge in [-0.3, -0.25) is 24.0 Å². The van der Waals surface area contributed by atoms with Gasteiger partial charge in [0, 0.05) is 0 Å². The van der Waals surface area contributed by atoms with E-state index in [0.29, 0.717) is 12.2 Å². The summed E-state index contributed by atoms with van der Waals surface area (Å²) in [5, 5.41) is 24.8. The van der Waals surface area contributed by atoms with E-state index < -0.39 is 72.6 Å². The van der Waals surface area contributed by atoms with Crippen molar-refractivity contribution in [3.63, 3.8) is 0 Å². The number of carboxylic acids is 2. The first-order chi connectivity index (χ1) is 15.3. The monoisotopic (exact) mass is 491 g/mol. The van der Waals surface area contributed by atoms with Crippen molar-refractivity contribution >= 4 is 47.3 Å². The number of hydrogen-bond acceptors (Lipinski definition) is 8. The Morgan fingerprint density at radius 1 is 0.848 bits per heavy atom. The molecule has 4 unspecified atom stereocenters. The fourth-order valence-corrected chi connectivity index (χ4v) is 3.18. The van der Waals surface area contributed by atoms with Crippen LogP contribution in [0.2, 0.25) is 0 Å². The van der Waals surface area contributed by atoms with Crippen LogP contribution in [-0.4, -0.2) is 82.0 Å². The molecule has 0 heterocycles. The van der Waals surface area contributed by atoms with E-state index in [1.807, 2.05) is 6.26 Å². The van der Waals surface area contributed by atoms with Crippen molar-refractivity contribution in [3.05, 3.63) is 0 Å².